The van der Waals surface area contributed by atoms with Crippen LogP contribution in [0, 0.1) is 5.92 Å². The summed E-state index contributed by atoms with van der Waals surface area (Å²) in [6, 6.07) is -0.120. The number of aliphatic hydroxyl groups excluding tert-OH is 1. The van der Waals surface area contributed by atoms with Crippen LogP contribution in [0.5, 0.6) is 0 Å². The first kappa shape index (κ1) is 13.4. The standard InChI is InChI=1S/C9H14Cl2N4O/c1-5(2)3-6(4-16)12-8-7(10)14-15-9(11)13-8/h5-6,16H,3-4H2,1-2H3,(H,12,13,15). The first-order valence-corrected chi connectivity index (χ1v) is 5.71. The van der Waals surface area contributed by atoms with Crippen molar-refractivity contribution in [1.29, 1.82) is 0 Å². The van der Waals surface area contributed by atoms with E-state index in [0.717, 1.165) is 6.42 Å². The third kappa shape index (κ3) is 4.08. The highest BCUT2D eigenvalue weighted by atomic mass is 35.5. The highest BCUT2D eigenvalue weighted by Crippen LogP contribution is 2.19. The maximum atomic E-state index is 9.19. The van der Waals surface area contributed by atoms with Gasteiger partial charge in [-0.25, -0.2) is 0 Å². The second-order valence-electron chi connectivity index (χ2n) is 3.87. The highest BCUT2D eigenvalue weighted by molar-refractivity contribution is 6.32. The van der Waals surface area contributed by atoms with Crippen LogP contribution in [0.2, 0.25) is 10.4 Å². The zero-order chi connectivity index (χ0) is 12.1. The lowest BCUT2D eigenvalue weighted by Crippen LogP contribution is -2.26. The highest BCUT2D eigenvalue weighted by Gasteiger charge is 2.13. The summed E-state index contributed by atoms with van der Waals surface area (Å²) < 4.78 is 0. The minimum atomic E-state index is -0.120. The molecule has 1 rings (SSSR count). The summed E-state index contributed by atoms with van der Waals surface area (Å²) in [5, 5.41) is 19.5. The van der Waals surface area contributed by atoms with Crippen LogP contribution >= 0.6 is 23.2 Å². The van der Waals surface area contributed by atoms with E-state index in [1.54, 1.807) is 0 Å². The Kier molecular flexibility index (Phi) is 5.18. The lowest BCUT2D eigenvalue weighted by atomic mass is 10.0. The van der Waals surface area contributed by atoms with E-state index in [9.17, 15) is 5.11 Å². The van der Waals surface area contributed by atoms with Gasteiger partial charge in [0.05, 0.1) is 12.6 Å². The minimum Gasteiger partial charge on any atom is -0.394 e. The van der Waals surface area contributed by atoms with E-state index in [1.807, 2.05) is 0 Å². The summed E-state index contributed by atoms with van der Waals surface area (Å²) in [5.74, 6) is 0.801. The first-order valence-electron chi connectivity index (χ1n) is 4.96. The molecule has 0 bridgehead atoms. The van der Waals surface area contributed by atoms with Gasteiger partial charge in [0.2, 0.25) is 5.28 Å². The molecule has 90 valence electrons. The third-order valence-corrected chi connectivity index (χ3v) is 2.35. The molecule has 0 fully saturated rings. The fourth-order valence-corrected chi connectivity index (χ4v) is 1.58. The first-order chi connectivity index (χ1) is 7.52. The largest absolute Gasteiger partial charge is 0.394 e. The van der Waals surface area contributed by atoms with Crippen molar-refractivity contribution in [2.45, 2.75) is 26.3 Å². The van der Waals surface area contributed by atoms with Crippen molar-refractivity contribution in [3.05, 3.63) is 10.4 Å². The molecule has 0 radical (unpaired) electrons. The Balaban J connectivity index is 2.73. The SMILES string of the molecule is CC(C)CC(CO)Nc1nc(Cl)nnc1Cl. The van der Waals surface area contributed by atoms with Crippen LogP contribution in [0.1, 0.15) is 20.3 Å². The molecule has 7 heteroatoms. The molecule has 0 amide bonds. The normalized spacial score (nSPS) is 12.9. The summed E-state index contributed by atoms with van der Waals surface area (Å²) >= 11 is 11.4. The van der Waals surface area contributed by atoms with E-state index in [0.29, 0.717) is 11.7 Å². The Labute approximate surface area is 104 Å². The van der Waals surface area contributed by atoms with E-state index in [2.05, 4.69) is 34.3 Å². The van der Waals surface area contributed by atoms with Crippen molar-refractivity contribution >= 4 is 29.0 Å². The van der Waals surface area contributed by atoms with Gasteiger partial charge in [0, 0.05) is 0 Å². The molecule has 0 aliphatic heterocycles. The predicted octanol–water partition coefficient (Wildman–Crippen LogP) is 2.00. The van der Waals surface area contributed by atoms with Crippen LogP contribution in [-0.4, -0.2) is 32.9 Å². The number of hydrogen-bond acceptors (Lipinski definition) is 5. The topological polar surface area (TPSA) is 70.9 Å². The van der Waals surface area contributed by atoms with Gasteiger partial charge in [-0.2, -0.15) is 4.98 Å². The molecule has 1 aromatic heterocycles. The molecule has 0 aliphatic rings. The Bertz CT molecular complexity index is 348. The molecule has 1 atom stereocenters. The van der Waals surface area contributed by atoms with Gasteiger partial charge < -0.3 is 10.4 Å². The maximum absolute atomic E-state index is 9.19. The molecular weight excluding hydrogens is 251 g/mol. The summed E-state index contributed by atoms with van der Waals surface area (Å²) in [6.07, 6.45) is 0.800. The number of anilines is 1. The quantitative estimate of drug-likeness (QED) is 0.852. The number of halogens is 2. The number of nitrogens with zero attached hydrogens (tertiary/aromatic N) is 3. The van der Waals surface area contributed by atoms with Crippen LogP contribution in [0.25, 0.3) is 0 Å². The average Bonchev–Trinajstić information content (AvgIpc) is 2.21. The molecule has 16 heavy (non-hydrogen) atoms. The van der Waals surface area contributed by atoms with Crippen molar-refractivity contribution in [2.24, 2.45) is 5.92 Å². The van der Waals surface area contributed by atoms with E-state index in [1.165, 1.54) is 0 Å². The monoisotopic (exact) mass is 264 g/mol. The molecule has 2 N–H and O–H groups in total. The second-order valence-corrected chi connectivity index (χ2v) is 4.57. The van der Waals surface area contributed by atoms with Crippen LogP contribution in [0.3, 0.4) is 0 Å². The van der Waals surface area contributed by atoms with Gasteiger partial charge in [-0.15, -0.1) is 10.2 Å². The lowest BCUT2D eigenvalue weighted by Gasteiger charge is -2.18. The lowest BCUT2D eigenvalue weighted by molar-refractivity contribution is 0.259. The molecule has 1 aromatic rings. The molecule has 0 saturated carbocycles. The Morgan fingerprint density at radius 1 is 1.31 bits per heavy atom. The Morgan fingerprint density at radius 2 is 2.00 bits per heavy atom. The minimum absolute atomic E-state index is 0.00384. The number of aliphatic hydroxyl groups is 1. The zero-order valence-electron chi connectivity index (χ0n) is 9.11. The fraction of sp³-hybridized carbons (Fsp3) is 0.667. The molecule has 1 heterocycles. The van der Waals surface area contributed by atoms with E-state index in [4.69, 9.17) is 23.2 Å². The van der Waals surface area contributed by atoms with Crippen molar-refractivity contribution < 1.29 is 5.11 Å². The van der Waals surface area contributed by atoms with Gasteiger partial charge >= 0.3 is 0 Å². The summed E-state index contributed by atoms with van der Waals surface area (Å²) in [7, 11) is 0. The third-order valence-electron chi connectivity index (χ3n) is 1.94. The molecule has 5 nitrogen and oxygen atoms in total. The van der Waals surface area contributed by atoms with Crippen molar-refractivity contribution in [3.8, 4) is 0 Å². The van der Waals surface area contributed by atoms with Gasteiger partial charge in [0.25, 0.3) is 0 Å². The van der Waals surface area contributed by atoms with Crippen LogP contribution in [0.4, 0.5) is 5.82 Å². The molecular formula is C9H14Cl2N4O. The summed E-state index contributed by atoms with van der Waals surface area (Å²) in [6.45, 7) is 4.13. The Hall–Kier alpha value is -0.650. The van der Waals surface area contributed by atoms with Crippen LogP contribution < -0.4 is 5.32 Å². The van der Waals surface area contributed by atoms with Crippen molar-refractivity contribution in [2.75, 3.05) is 11.9 Å². The number of rotatable bonds is 5. The molecule has 0 saturated heterocycles. The number of nitrogens with one attached hydrogen (secondary N) is 1. The molecule has 1 unspecified atom stereocenters. The van der Waals surface area contributed by atoms with Crippen molar-refractivity contribution in [1.82, 2.24) is 15.2 Å². The fourth-order valence-electron chi connectivity index (χ4n) is 1.33. The van der Waals surface area contributed by atoms with Gasteiger partial charge in [-0.05, 0) is 23.9 Å². The smallest absolute Gasteiger partial charge is 0.245 e. The second kappa shape index (κ2) is 6.18. The van der Waals surface area contributed by atoms with Crippen LogP contribution in [-0.2, 0) is 0 Å². The van der Waals surface area contributed by atoms with Crippen molar-refractivity contribution in [3.63, 3.8) is 0 Å². The molecule has 0 aliphatic carbocycles. The zero-order valence-corrected chi connectivity index (χ0v) is 10.6. The van der Waals surface area contributed by atoms with E-state index in [-0.39, 0.29) is 23.1 Å². The number of hydrogen-bond donors (Lipinski definition) is 2. The average molecular weight is 265 g/mol. The maximum Gasteiger partial charge on any atom is 0.245 e. The van der Waals surface area contributed by atoms with Gasteiger partial charge in [0.1, 0.15) is 0 Å². The van der Waals surface area contributed by atoms with Gasteiger partial charge in [-0.3, -0.25) is 0 Å². The van der Waals surface area contributed by atoms with E-state index < -0.39 is 0 Å². The van der Waals surface area contributed by atoms with Crippen LogP contribution in [0.15, 0.2) is 0 Å². The Morgan fingerprint density at radius 3 is 2.56 bits per heavy atom. The predicted molar refractivity (Wildman–Crippen MR) is 63.8 cm³/mol. The number of aromatic nitrogens is 3. The summed E-state index contributed by atoms with van der Waals surface area (Å²) in [4.78, 5) is 3.91. The molecule has 0 spiro atoms. The summed E-state index contributed by atoms with van der Waals surface area (Å²) in [5.41, 5.74) is 0. The molecule has 0 aromatic carbocycles. The van der Waals surface area contributed by atoms with Gasteiger partial charge in [-0.1, -0.05) is 25.4 Å². The van der Waals surface area contributed by atoms with E-state index >= 15 is 0 Å². The van der Waals surface area contributed by atoms with Gasteiger partial charge in [0.15, 0.2) is 11.0 Å².